The molecule has 35 heavy (non-hydrogen) atoms. The third-order valence-electron chi connectivity index (χ3n) is 6.57. The van der Waals surface area contributed by atoms with Gasteiger partial charge in [-0.1, -0.05) is 42.8 Å². The summed E-state index contributed by atoms with van der Waals surface area (Å²) < 4.78 is 7.49. The molecule has 0 radical (unpaired) electrons. The average molecular weight is 488 g/mol. The Morgan fingerprint density at radius 1 is 1.03 bits per heavy atom. The third kappa shape index (κ3) is 4.15. The van der Waals surface area contributed by atoms with Crippen molar-refractivity contribution in [1.29, 1.82) is 0 Å². The number of aromatic nitrogens is 1. The van der Waals surface area contributed by atoms with Crippen LogP contribution in [0.25, 0.3) is 11.5 Å². The fraction of sp³-hybridized carbons (Fsp3) is 0.214. The van der Waals surface area contributed by atoms with E-state index in [9.17, 15) is 9.59 Å². The van der Waals surface area contributed by atoms with Crippen LogP contribution in [0.4, 0.5) is 5.69 Å². The Morgan fingerprint density at radius 3 is 2.51 bits per heavy atom. The summed E-state index contributed by atoms with van der Waals surface area (Å²) in [6, 6.07) is 22.5. The molecule has 5 rings (SSSR count). The second-order valence-corrected chi connectivity index (χ2v) is 9.35. The van der Waals surface area contributed by atoms with E-state index in [1.54, 1.807) is 35.4 Å². The summed E-state index contributed by atoms with van der Waals surface area (Å²) >= 11 is 6.00. The lowest BCUT2D eigenvalue weighted by molar-refractivity contribution is -0.126. The number of nitrogens with zero attached hydrogens (tertiary/aromatic N) is 2. The Hall–Kier alpha value is -3.77. The molecule has 3 heterocycles. The highest BCUT2D eigenvalue weighted by Crippen LogP contribution is 2.36. The Morgan fingerprint density at radius 2 is 1.80 bits per heavy atom. The van der Waals surface area contributed by atoms with Gasteiger partial charge in [0.05, 0.1) is 18.5 Å². The second kappa shape index (κ2) is 9.12. The molecule has 0 unspecified atom stereocenters. The molecule has 0 saturated carbocycles. The van der Waals surface area contributed by atoms with Crippen LogP contribution < -0.4 is 10.2 Å². The Balaban J connectivity index is 1.56. The molecule has 1 aliphatic heterocycles. The lowest BCUT2D eigenvalue weighted by Gasteiger charge is -2.44. The van der Waals surface area contributed by atoms with Crippen molar-refractivity contribution < 1.29 is 14.0 Å². The first-order chi connectivity index (χ1) is 16.9. The molecule has 0 aliphatic carbocycles. The molecule has 1 atom stereocenters. The van der Waals surface area contributed by atoms with Gasteiger partial charge in [0, 0.05) is 17.3 Å². The number of fused-ring (bicyclic) bond motifs is 1. The normalized spacial score (nSPS) is 17.3. The zero-order chi connectivity index (χ0) is 24.6. The Kier molecular flexibility index (Phi) is 5.99. The van der Waals surface area contributed by atoms with E-state index in [1.807, 2.05) is 60.0 Å². The minimum Gasteiger partial charge on any atom is -0.463 e. The zero-order valence-corrected chi connectivity index (χ0v) is 20.4. The number of hydrogen-bond acceptors (Lipinski definition) is 3. The van der Waals surface area contributed by atoms with Crippen molar-refractivity contribution in [3.05, 3.63) is 101 Å². The maximum atomic E-state index is 13.9. The third-order valence-corrected chi connectivity index (χ3v) is 6.82. The average Bonchev–Trinajstić information content (AvgIpc) is 3.53. The fourth-order valence-electron chi connectivity index (χ4n) is 4.65. The molecular formula is C28H26ClN3O3. The van der Waals surface area contributed by atoms with E-state index in [-0.39, 0.29) is 18.4 Å². The number of rotatable bonds is 6. The number of anilines is 1. The van der Waals surface area contributed by atoms with Gasteiger partial charge in [0.1, 0.15) is 17.0 Å². The monoisotopic (exact) mass is 487 g/mol. The zero-order valence-electron chi connectivity index (χ0n) is 19.6. The van der Waals surface area contributed by atoms with Crippen LogP contribution >= 0.6 is 11.6 Å². The van der Waals surface area contributed by atoms with Crippen LogP contribution in [0.2, 0.25) is 5.02 Å². The van der Waals surface area contributed by atoms with Crippen molar-refractivity contribution in [2.24, 2.45) is 0 Å². The van der Waals surface area contributed by atoms with E-state index in [4.69, 9.17) is 16.0 Å². The molecule has 6 nitrogen and oxygen atoms in total. The van der Waals surface area contributed by atoms with Crippen molar-refractivity contribution in [2.75, 3.05) is 4.90 Å². The SMILES string of the molecule is CCc1cccc(N2C(=O)c3ccc(-c4ccco4)n3C[C@@]2(C)C(=O)NCc2ccc(Cl)cc2)c1. The molecule has 4 aromatic rings. The van der Waals surface area contributed by atoms with Crippen molar-refractivity contribution in [2.45, 2.75) is 38.9 Å². The van der Waals surface area contributed by atoms with E-state index < -0.39 is 5.54 Å². The van der Waals surface area contributed by atoms with Gasteiger partial charge in [-0.3, -0.25) is 14.5 Å². The Labute approximate surface area is 209 Å². The summed E-state index contributed by atoms with van der Waals surface area (Å²) in [5.74, 6) is 0.174. The van der Waals surface area contributed by atoms with Crippen molar-refractivity contribution >= 4 is 29.1 Å². The highest BCUT2D eigenvalue weighted by molar-refractivity contribution is 6.30. The van der Waals surface area contributed by atoms with Crippen molar-refractivity contribution in [3.63, 3.8) is 0 Å². The smallest absolute Gasteiger partial charge is 0.275 e. The van der Waals surface area contributed by atoms with Crippen LogP contribution in [0.5, 0.6) is 0 Å². The maximum absolute atomic E-state index is 13.9. The summed E-state index contributed by atoms with van der Waals surface area (Å²) in [7, 11) is 0. The van der Waals surface area contributed by atoms with E-state index >= 15 is 0 Å². The van der Waals surface area contributed by atoms with Crippen LogP contribution in [-0.4, -0.2) is 21.9 Å². The fourth-order valence-corrected chi connectivity index (χ4v) is 4.77. The van der Waals surface area contributed by atoms with Crippen molar-refractivity contribution in [1.82, 2.24) is 9.88 Å². The van der Waals surface area contributed by atoms with Crippen molar-refractivity contribution in [3.8, 4) is 11.5 Å². The minimum atomic E-state index is -1.18. The van der Waals surface area contributed by atoms with Gasteiger partial charge in [-0.05, 0) is 73.0 Å². The van der Waals surface area contributed by atoms with E-state index in [0.29, 0.717) is 28.7 Å². The van der Waals surface area contributed by atoms with E-state index in [2.05, 4.69) is 12.2 Å². The van der Waals surface area contributed by atoms with E-state index in [0.717, 1.165) is 23.2 Å². The van der Waals surface area contributed by atoms with Crippen LogP contribution in [0, 0.1) is 0 Å². The van der Waals surface area contributed by atoms with Crippen LogP contribution in [0.1, 0.15) is 35.5 Å². The summed E-state index contributed by atoms with van der Waals surface area (Å²) in [6.07, 6.45) is 2.43. The van der Waals surface area contributed by atoms with Gasteiger partial charge in [-0.2, -0.15) is 0 Å². The molecule has 0 fully saturated rings. The molecule has 0 saturated heterocycles. The number of carbonyl (C=O) groups is 2. The first-order valence-electron chi connectivity index (χ1n) is 11.6. The van der Waals surface area contributed by atoms with Gasteiger partial charge >= 0.3 is 0 Å². The molecule has 0 bridgehead atoms. The molecule has 2 amide bonds. The maximum Gasteiger partial charge on any atom is 0.275 e. The summed E-state index contributed by atoms with van der Waals surface area (Å²) in [5.41, 5.74) is 2.81. The number of hydrogen-bond donors (Lipinski definition) is 1. The van der Waals surface area contributed by atoms with Gasteiger partial charge in [-0.15, -0.1) is 0 Å². The molecule has 2 aromatic carbocycles. The molecule has 1 N–H and O–H groups in total. The molecule has 1 aliphatic rings. The quantitative estimate of drug-likeness (QED) is 0.379. The van der Waals surface area contributed by atoms with Gasteiger partial charge in [0.2, 0.25) is 5.91 Å². The predicted molar refractivity (Wildman–Crippen MR) is 136 cm³/mol. The van der Waals surface area contributed by atoms with Crippen LogP contribution in [0.15, 0.2) is 83.5 Å². The number of aryl methyl sites for hydroxylation is 1. The van der Waals surface area contributed by atoms with Crippen LogP contribution in [0.3, 0.4) is 0 Å². The number of furan rings is 1. The molecule has 2 aromatic heterocycles. The number of carbonyl (C=O) groups excluding carboxylic acids is 2. The second-order valence-electron chi connectivity index (χ2n) is 8.91. The Bertz CT molecular complexity index is 1370. The largest absolute Gasteiger partial charge is 0.463 e. The van der Waals surface area contributed by atoms with Crippen LogP contribution in [-0.2, 0) is 24.3 Å². The summed E-state index contributed by atoms with van der Waals surface area (Å²) in [6.45, 7) is 4.48. The summed E-state index contributed by atoms with van der Waals surface area (Å²) in [4.78, 5) is 29.3. The number of benzene rings is 2. The number of nitrogens with one attached hydrogen (secondary N) is 1. The topological polar surface area (TPSA) is 67.5 Å². The number of amides is 2. The van der Waals surface area contributed by atoms with Gasteiger partial charge < -0.3 is 14.3 Å². The molecule has 0 spiro atoms. The predicted octanol–water partition coefficient (Wildman–Crippen LogP) is 5.70. The number of halogens is 1. The van der Waals surface area contributed by atoms with Gasteiger partial charge in [0.15, 0.2) is 0 Å². The molecular weight excluding hydrogens is 462 g/mol. The lowest BCUT2D eigenvalue weighted by atomic mass is 9.93. The first kappa shape index (κ1) is 23.0. The lowest BCUT2D eigenvalue weighted by Crippen LogP contribution is -2.64. The summed E-state index contributed by atoms with van der Waals surface area (Å²) in [5, 5.41) is 3.68. The highest BCUT2D eigenvalue weighted by atomic mass is 35.5. The van der Waals surface area contributed by atoms with E-state index in [1.165, 1.54) is 0 Å². The minimum absolute atomic E-state index is 0.230. The highest BCUT2D eigenvalue weighted by Gasteiger charge is 2.48. The first-order valence-corrected chi connectivity index (χ1v) is 12.0. The van der Waals surface area contributed by atoms with Gasteiger partial charge in [-0.25, -0.2) is 0 Å². The molecule has 7 heteroatoms. The standard InChI is InChI=1S/C28H26ClN3O3/c1-3-19-6-4-7-22(16-19)32-26(33)24-14-13-23(25-8-5-15-35-25)31(24)18-28(32,2)27(34)30-17-20-9-11-21(29)12-10-20/h4-16H,3,17-18H2,1-2H3,(H,30,34)/t28-/m0/s1. The molecule has 178 valence electrons. The van der Waals surface area contributed by atoms with Gasteiger partial charge in [0.25, 0.3) is 5.91 Å².